The number of nitrogens with zero attached hydrogens (tertiary/aromatic N) is 2. The van der Waals surface area contributed by atoms with Gasteiger partial charge in [-0.3, -0.25) is 4.99 Å². The summed E-state index contributed by atoms with van der Waals surface area (Å²) < 4.78 is 0. The molecule has 0 amide bonds. The smallest absolute Gasteiger partial charge is 0.191 e. The molecule has 4 nitrogen and oxygen atoms in total. The monoisotopic (exact) mass is 294 g/mol. The van der Waals surface area contributed by atoms with Gasteiger partial charge in [0, 0.05) is 36.6 Å². The molecule has 2 rings (SSSR count). The van der Waals surface area contributed by atoms with Crippen LogP contribution in [0.4, 0.5) is 0 Å². The topological polar surface area (TPSA) is 49.3 Å². The van der Waals surface area contributed by atoms with Crippen LogP contribution in [0.15, 0.2) is 10.4 Å². The van der Waals surface area contributed by atoms with Crippen LogP contribution >= 0.6 is 11.3 Å². The average Bonchev–Trinajstić information content (AvgIpc) is 3.06. The molecule has 0 radical (unpaired) electrons. The Balaban J connectivity index is 1.73. The molecule has 0 aliphatic heterocycles. The Labute approximate surface area is 126 Å². The normalized spacial score (nSPS) is 16.6. The molecule has 0 spiro atoms. The van der Waals surface area contributed by atoms with Crippen molar-refractivity contribution in [2.75, 3.05) is 13.1 Å². The van der Waals surface area contributed by atoms with Crippen molar-refractivity contribution in [3.05, 3.63) is 16.1 Å². The maximum Gasteiger partial charge on any atom is 0.191 e. The number of aryl methyl sites for hydroxylation is 2. The molecule has 0 bridgehead atoms. The van der Waals surface area contributed by atoms with Gasteiger partial charge >= 0.3 is 0 Å². The lowest BCUT2D eigenvalue weighted by Crippen LogP contribution is -2.42. The second-order valence-electron chi connectivity index (χ2n) is 5.37. The van der Waals surface area contributed by atoms with E-state index in [1.54, 1.807) is 11.3 Å². The number of thiazole rings is 1. The zero-order valence-corrected chi connectivity index (χ0v) is 13.4. The molecule has 1 aliphatic carbocycles. The number of hydrogen-bond acceptors (Lipinski definition) is 3. The molecule has 20 heavy (non-hydrogen) atoms. The van der Waals surface area contributed by atoms with Crippen LogP contribution in [0, 0.1) is 6.92 Å². The Hall–Kier alpha value is -1.10. The summed E-state index contributed by atoms with van der Waals surface area (Å²) >= 11 is 1.75. The molecule has 112 valence electrons. The van der Waals surface area contributed by atoms with Gasteiger partial charge in [-0.25, -0.2) is 4.98 Å². The average molecular weight is 294 g/mol. The third-order valence-electron chi connectivity index (χ3n) is 3.53. The van der Waals surface area contributed by atoms with Crippen LogP contribution in [0.3, 0.4) is 0 Å². The van der Waals surface area contributed by atoms with Gasteiger partial charge in [-0.1, -0.05) is 12.8 Å². The van der Waals surface area contributed by atoms with E-state index in [4.69, 9.17) is 0 Å². The van der Waals surface area contributed by atoms with Crippen molar-refractivity contribution < 1.29 is 0 Å². The third-order valence-corrected chi connectivity index (χ3v) is 4.55. The molecule has 1 fully saturated rings. The molecule has 0 unspecified atom stereocenters. The van der Waals surface area contributed by atoms with Gasteiger partial charge in [0.05, 0.1) is 5.01 Å². The van der Waals surface area contributed by atoms with E-state index in [0.29, 0.717) is 6.04 Å². The first-order valence-electron chi connectivity index (χ1n) is 7.73. The van der Waals surface area contributed by atoms with E-state index >= 15 is 0 Å². The fraction of sp³-hybridized carbons (Fsp3) is 0.733. The Morgan fingerprint density at radius 2 is 2.25 bits per heavy atom. The van der Waals surface area contributed by atoms with Crippen LogP contribution in [0.25, 0.3) is 0 Å². The summed E-state index contributed by atoms with van der Waals surface area (Å²) in [4.78, 5) is 9.16. The molecule has 2 N–H and O–H groups in total. The van der Waals surface area contributed by atoms with Gasteiger partial charge in [0.1, 0.15) is 0 Å². The Morgan fingerprint density at radius 1 is 1.45 bits per heavy atom. The van der Waals surface area contributed by atoms with Gasteiger partial charge in [-0.2, -0.15) is 0 Å². The van der Waals surface area contributed by atoms with E-state index in [1.165, 1.54) is 30.7 Å². The van der Waals surface area contributed by atoms with Crippen LogP contribution in [-0.2, 0) is 6.42 Å². The van der Waals surface area contributed by atoms with Crippen molar-refractivity contribution in [2.24, 2.45) is 4.99 Å². The van der Waals surface area contributed by atoms with Crippen molar-refractivity contribution in [2.45, 2.75) is 58.4 Å². The highest BCUT2D eigenvalue weighted by Crippen LogP contribution is 2.17. The fourth-order valence-corrected chi connectivity index (χ4v) is 3.34. The summed E-state index contributed by atoms with van der Waals surface area (Å²) in [5, 5.41) is 10.2. The number of rotatable bonds is 6. The highest BCUT2D eigenvalue weighted by Gasteiger charge is 2.15. The summed E-state index contributed by atoms with van der Waals surface area (Å²) in [5.41, 5.74) is 1.13. The maximum atomic E-state index is 4.67. The highest BCUT2D eigenvalue weighted by molar-refractivity contribution is 7.09. The zero-order valence-electron chi connectivity index (χ0n) is 12.6. The minimum absolute atomic E-state index is 0.620. The second-order valence-corrected chi connectivity index (χ2v) is 6.32. The van der Waals surface area contributed by atoms with Crippen molar-refractivity contribution in [1.82, 2.24) is 15.6 Å². The van der Waals surface area contributed by atoms with Gasteiger partial charge in [0.15, 0.2) is 5.96 Å². The first kappa shape index (κ1) is 15.3. The summed E-state index contributed by atoms with van der Waals surface area (Å²) in [6, 6.07) is 0.620. The molecule has 0 saturated heterocycles. The maximum absolute atomic E-state index is 4.67. The summed E-state index contributed by atoms with van der Waals surface area (Å²) in [6.07, 6.45) is 7.35. The van der Waals surface area contributed by atoms with Crippen LogP contribution in [-0.4, -0.2) is 30.1 Å². The van der Waals surface area contributed by atoms with Crippen molar-refractivity contribution in [3.8, 4) is 0 Å². The number of nitrogens with one attached hydrogen (secondary N) is 2. The fourth-order valence-electron chi connectivity index (χ4n) is 2.52. The SMILES string of the molecule is CCNC(=NCCCc1nc(C)cs1)NC1CCCC1. The van der Waals surface area contributed by atoms with E-state index in [-0.39, 0.29) is 0 Å². The van der Waals surface area contributed by atoms with Gasteiger partial charge in [-0.05, 0) is 33.1 Å². The highest BCUT2D eigenvalue weighted by atomic mass is 32.1. The Morgan fingerprint density at radius 3 is 2.90 bits per heavy atom. The molecular weight excluding hydrogens is 268 g/mol. The third kappa shape index (κ3) is 5.12. The van der Waals surface area contributed by atoms with Crippen LogP contribution in [0.1, 0.15) is 49.7 Å². The van der Waals surface area contributed by atoms with Gasteiger partial charge in [0.2, 0.25) is 0 Å². The number of aliphatic imine (C=N–C) groups is 1. The van der Waals surface area contributed by atoms with E-state index in [2.05, 4.69) is 32.9 Å². The van der Waals surface area contributed by atoms with Crippen molar-refractivity contribution in [1.29, 1.82) is 0 Å². The number of guanidine groups is 1. The van der Waals surface area contributed by atoms with Crippen molar-refractivity contribution in [3.63, 3.8) is 0 Å². The molecule has 1 aromatic rings. The Kier molecular flexibility index (Phi) is 6.30. The summed E-state index contributed by atoms with van der Waals surface area (Å²) in [6.45, 7) is 5.95. The van der Waals surface area contributed by atoms with Crippen LogP contribution in [0.2, 0.25) is 0 Å². The minimum atomic E-state index is 0.620. The molecule has 0 aromatic carbocycles. The predicted molar refractivity (Wildman–Crippen MR) is 86.5 cm³/mol. The molecule has 5 heteroatoms. The van der Waals surface area contributed by atoms with E-state index in [9.17, 15) is 0 Å². The summed E-state index contributed by atoms with van der Waals surface area (Å²) in [7, 11) is 0. The van der Waals surface area contributed by atoms with Crippen LogP contribution in [0.5, 0.6) is 0 Å². The lowest BCUT2D eigenvalue weighted by molar-refractivity contribution is 0.613. The lowest BCUT2D eigenvalue weighted by atomic mass is 10.2. The lowest BCUT2D eigenvalue weighted by Gasteiger charge is -2.16. The first-order chi connectivity index (χ1) is 9.78. The summed E-state index contributed by atoms with van der Waals surface area (Å²) in [5.74, 6) is 0.981. The van der Waals surface area contributed by atoms with E-state index in [1.807, 2.05) is 6.92 Å². The van der Waals surface area contributed by atoms with Gasteiger partial charge in [0.25, 0.3) is 0 Å². The zero-order chi connectivity index (χ0) is 14.2. The van der Waals surface area contributed by atoms with E-state index in [0.717, 1.165) is 37.6 Å². The first-order valence-corrected chi connectivity index (χ1v) is 8.61. The molecule has 1 heterocycles. The molecule has 1 aromatic heterocycles. The van der Waals surface area contributed by atoms with Gasteiger partial charge < -0.3 is 10.6 Å². The largest absolute Gasteiger partial charge is 0.357 e. The quantitative estimate of drug-likeness (QED) is 0.482. The minimum Gasteiger partial charge on any atom is -0.357 e. The number of aromatic nitrogens is 1. The predicted octanol–water partition coefficient (Wildman–Crippen LogP) is 2.88. The molecule has 1 saturated carbocycles. The molecule has 1 aliphatic rings. The second kappa shape index (κ2) is 8.25. The standard InChI is InChI=1S/C15H26N4S/c1-3-16-15(19-13-7-4-5-8-13)17-10-6-9-14-18-12(2)11-20-14/h11,13H,3-10H2,1-2H3,(H2,16,17,19). The van der Waals surface area contributed by atoms with E-state index < -0.39 is 0 Å². The number of hydrogen-bond donors (Lipinski definition) is 2. The van der Waals surface area contributed by atoms with Gasteiger partial charge in [-0.15, -0.1) is 11.3 Å². The van der Waals surface area contributed by atoms with Crippen LogP contribution < -0.4 is 10.6 Å². The van der Waals surface area contributed by atoms with Crippen molar-refractivity contribution >= 4 is 17.3 Å². The molecule has 0 atom stereocenters. The molecular formula is C15H26N4S. The Bertz CT molecular complexity index is 421.